The second kappa shape index (κ2) is 4.69. The van der Waals surface area contributed by atoms with Crippen LogP contribution in [0.4, 0.5) is 0 Å². The van der Waals surface area contributed by atoms with Crippen LogP contribution >= 0.6 is 0 Å². The number of hydrogen-bond acceptors (Lipinski definition) is 4. The van der Waals surface area contributed by atoms with Gasteiger partial charge in [0.1, 0.15) is 0 Å². The van der Waals surface area contributed by atoms with Gasteiger partial charge in [0.2, 0.25) is 0 Å². The lowest BCUT2D eigenvalue weighted by atomic mass is 10.1. The lowest BCUT2D eigenvalue weighted by molar-refractivity contribution is -0.141. The zero-order valence-corrected chi connectivity index (χ0v) is 10.8. The smallest absolute Gasteiger partial charge is 0.307 e. The Morgan fingerprint density at radius 3 is 2.89 bits per heavy atom. The summed E-state index contributed by atoms with van der Waals surface area (Å²) in [5.74, 6) is -1.56. The van der Waals surface area contributed by atoms with Crippen molar-refractivity contribution in [3.05, 3.63) is 12.5 Å². The Morgan fingerprint density at radius 2 is 2.33 bits per heavy atom. The van der Waals surface area contributed by atoms with Crippen LogP contribution in [0.1, 0.15) is 13.3 Å². The standard InChI is InChI=1S/C10H15N3O4S/c1-2-12-7-11-5-9(12)18(16,17)13-4-3-8(6-13)10(14)15/h5,7-8H,2-4,6H2,1H3,(H,14,15). The summed E-state index contributed by atoms with van der Waals surface area (Å²) in [5.41, 5.74) is 0. The first-order valence-corrected chi connectivity index (χ1v) is 7.14. The van der Waals surface area contributed by atoms with E-state index in [1.165, 1.54) is 21.4 Å². The SMILES string of the molecule is CCn1cncc1S(=O)(=O)N1CCC(C(=O)O)C1. The number of carboxylic acid groups (broad SMARTS) is 1. The first-order valence-electron chi connectivity index (χ1n) is 5.70. The van der Waals surface area contributed by atoms with Crippen LogP contribution < -0.4 is 0 Å². The molecule has 0 bridgehead atoms. The third kappa shape index (κ3) is 2.13. The second-order valence-electron chi connectivity index (χ2n) is 4.20. The minimum Gasteiger partial charge on any atom is -0.481 e. The summed E-state index contributed by atoms with van der Waals surface area (Å²) in [6.07, 6.45) is 3.11. The molecule has 0 amide bonds. The molecule has 0 spiro atoms. The molecule has 0 aromatic carbocycles. The summed E-state index contributed by atoms with van der Waals surface area (Å²) in [6.45, 7) is 2.61. The van der Waals surface area contributed by atoms with Crippen LogP contribution in [0.3, 0.4) is 0 Å². The van der Waals surface area contributed by atoms with Crippen LogP contribution in [0.15, 0.2) is 17.6 Å². The number of rotatable bonds is 4. The highest BCUT2D eigenvalue weighted by molar-refractivity contribution is 7.89. The number of nitrogens with zero attached hydrogens (tertiary/aromatic N) is 3. The highest BCUT2D eigenvalue weighted by Gasteiger charge is 2.37. The maximum atomic E-state index is 12.3. The largest absolute Gasteiger partial charge is 0.481 e. The van der Waals surface area contributed by atoms with Gasteiger partial charge in [0, 0.05) is 19.6 Å². The molecular weight excluding hydrogens is 258 g/mol. The van der Waals surface area contributed by atoms with Gasteiger partial charge >= 0.3 is 5.97 Å². The van der Waals surface area contributed by atoms with E-state index in [1.807, 2.05) is 6.92 Å². The van der Waals surface area contributed by atoms with E-state index >= 15 is 0 Å². The Morgan fingerprint density at radius 1 is 1.61 bits per heavy atom. The molecule has 1 N–H and O–H groups in total. The average Bonchev–Trinajstić information content (AvgIpc) is 2.98. The summed E-state index contributed by atoms with van der Waals surface area (Å²) in [6, 6.07) is 0. The molecule has 2 heterocycles. The number of aryl methyl sites for hydroxylation is 1. The van der Waals surface area contributed by atoms with Crippen molar-refractivity contribution in [2.24, 2.45) is 5.92 Å². The molecule has 18 heavy (non-hydrogen) atoms. The molecule has 100 valence electrons. The predicted octanol–water partition coefficient (Wildman–Crippen LogP) is -0.00180. The molecule has 0 radical (unpaired) electrons. The third-order valence-corrected chi connectivity index (χ3v) is 5.00. The maximum Gasteiger partial charge on any atom is 0.307 e. The van der Waals surface area contributed by atoms with Crippen LogP contribution in [0, 0.1) is 5.92 Å². The Kier molecular flexibility index (Phi) is 3.40. The lowest BCUT2D eigenvalue weighted by Gasteiger charge is -2.16. The van der Waals surface area contributed by atoms with E-state index in [0.29, 0.717) is 13.0 Å². The highest BCUT2D eigenvalue weighted by Crippen LogP contribution is 2.24. The van der Waals surface area contributed by atoms with Gasteiger partial charge in [0.05, 0.1) is 18.4 Å². The van der Waals surface area contributed by atoms with Crippen molar-refractivity contribution in [2.75, 3.05) is 13.1 Å². The van der Waals surface area contributed by atoms with Gasteiger partial charge in [-0.3, -0.25) is 4.79 Å². The van der Waals surface area contributed by atoms with Crippen molar-refractivity contribution in [2.45, 2.75) is 24.9 Å². The number of carboxylic acids is 1. The van der Waals surface area contributed by atoms with E-state index in [-0.39, 0.29) is 18.1 Å². The second-order valence-corrected chi connectivity index (χ2v) is 6.09. The van der Waals surface area contributed by atoms with E-state index in [9.17, 15) is 13.2 Å². The molecule has 1 aliphatic heterocycles. The molecule has 7 nitrogen and oxygen atoms in total. The predicted molar refractivity (Wildman–Crippen MR) is 62.4 cm³/mol. The summed E-state index contributed by atoms with van der Waals surface area (Å²) < 4.78 is 27.4. The summed E-state index contributed by atoms with van der Waals surface area (Å²) in [7, 11) is -3.63. The van der Waals surface area contributed by atoms with E-state index in [1.54, 1.807) is 0 Å². The average molecular weight is 273 g/mol. The van der Waals surface area contributed by atoms with Gasteiger partial charge < -0.3 is 9.67 Å². The van der Waals surface area contributed by atoms with E-state index in [4.69, 9.17) is 5.11 Å². The Balaban J connectivity index is 2.26. The molecule has 1 fully saturated rings. The molecule has 1 aromatic heterocycles. The van der Waals surface area contributed by atoms with Crippen LogP contribution in [0.2, 0.25) is 0 Å². The van der Waals surface area contributed by atoms with Gasteiger partial charge in [0.25, 0.3) is 10.0 Å². The molecular formula is C10H15N3O4S. The van der Waals surface area contributed by atoms with Gasteiger partial charge in [-0.05, 0) is 13.3 Å². The van der Waals surface area contributed by atoms with Gasteiger partial charge in [-0.25, -0.2) is 13.4 Å². The summed E-state index contributed by atoms with van der Waals surface area (Å²) in [5, 5.41) is 9.01. The molecule has 1 aliphatic rings. The highest BCUT2D eigenvalue weighted by atomic mass is 32.2. The quantitative estimate of drug-likeness (QED) is 0.833. The molecule has 1 saturated heterocycles. The monoisotopic (exact) mass is 273 g/mol. The Labute approximate surface area is 105 Å². The topological polar surface area (TPSA) is 92.5 Å². The normalized spacial score (nSPS) is 21.3. The molecule has 1 unspecified atom stereocenters. The number of aromatic nitrogens is 2. The molecule has 8 heteroatoms. The lowest BCUT2D eigenvalue weighted by Crippen LogP contribution is -2.31. The maximum absolute atomic E-state index is 12.3. The number of hydrogen-bond donors (Lipinski definition) is 1. The summed E-state index contributed by atoms with van der Waals surface area (Å²) >= 11 is 0. The van der Waals surface area contributed by atoms with Crippen LogP contribution in [0.25, 0.3) is 0 Å². The van der Waals surface area contributed by atoms with Gasteiger partial charge in [0.15, 0.2) is 5.03 Å². The van der Waals surface area contributed by atoms with Crippen molar-refractivity contribution in [3.8, 4) is 0 Å². The molecule has 1 atom stereocenters. The Hall–Kier alpha value is -1.41. The minimum absolute atomic E-state index is 0.0343. The number of sulfonamides is 1. The minimum atomic E-state index is -3.63. The van der Waals surface area contributed by atoms with Gasteiger partial charge in [-0.2, -0.15) is 4.31 Å². The van der Waals surface area contributed by atoms with Gasteiger partial charge in [-0.15, -0.1) is 0 Å². The van der Waals surface area contributed by atoms with Crippen molar-refractivity contribution in [1.29, 1.82) is 0 Å². The first kappa shape index (κ1) is 13.0. The van der Waals surface area contributed by atoms with Gasteiger partial charge in [-0.1, -0.05) is 0 Å². The zero-order valence-electron chi connectivity index (χ0n) is 9.98. The molecule has 1 aromatic rings. The van der Waals surface area contributed by atoms with Crippen molar-refractivity contribution >= 4 is 16.0 Å². The fourth-order valence-electron chi connectivity index (χ4n) is 2.04. The Bertz CT molecular complexity index is 551. The van der Waals surface area contributed by atoms with Crippen LogP contribution in [0.5, 0.6) is 0 Å². The third-order valence-electron chi connectivity index (χ3n) is 3.12. The molecule has 2 rings (SSSR count). The summed E-state index contributed by atoms with van der Waals surface area (Å²) in [4.78, 5) is 14.7. The van der Waals surface area contributed by atoms with Crippen molar-refractivity contribution < 1.29 is 18.3 Å². The first-order chi connectivity index (χ1) is 8.46. The van der Waals surface area contributed by atoms with E-state index in [2.05, 4.69) is 4.98 Å². The van der Waals surface area contributed by atoms with Crippen molar-refractivity contribution in [3.63, 3.8) is 0 Å². The van der Waals surface area contributed by atoms with E-state index < -0.39 is 21.9 Å². The van der Waals surface area contributed by atoms with Crippen molar-refractivity contribution in [1.82, 2.24) is 13.9 Å². The van der Waals surface area contributed by atoms with E-state index in [0.717, 1.165) is 0 Å². The number of imidazole rings is 1. The fraction of sp³-hybridized carbons (Fsp3) is 0.600. The van der Waals surface area contributed by atoms with Crippen LogP contribution in [-0.4, -0.2) is 46.4 Å². The number of carbonyl (C=O) groups is 1. The fourth-order valence-corrected chi connectivity index (χ4v) is 3.69. The number of aliphatic carboxylic acids is 1. The zero-order chi connectivity index (χ0) is 13.3. The molecule has 0 aliphatic carbocycles. The van der Waals surface area contributed by atoms with Crippen LogP contribution in [-0.2, 0) is 21.4 Å². The molecule has 0 saturated carbocycles.